The molecule has 1 heterocycles. The van der Waals surface area contributed by atoms with Gasteiger partial charge in [0.1, 0.15) is 0 Å². The standard InChI is InChI=1S/C10H18N2O4/c1-12-5-3-7(6-12)9(14)11-4-2-8(13)10(15)16/h7-8,13H,2-6H2,1H3,(H,11,14)(H,15,16). The molecule has 1 saturated heterocycles. The molecule has 6 heteroatoms. The van der Waals surface area contributed by atoms with E-state index in [4.69, 9.17) is 10.2 Å². The summed E-state index contributed by atoms with van der Waals surface area (Å²) < 4.78 is 0. The minimum Gasteiger partial charge on any atom is -0.479 e. The minimum atomic E-state index is -1.40. The summed E-state index contributed by atoms with van der Waals surface area (Å²) in [5.41, 5.74) is 0. The maximum absolute atomic E-state index is 11.6. The summed E-state index contributed by atoms with van der Waals surface area (Å²) in [5, 5.41) is 20.1. The molecule has 16 heavy (non-hydrogen) atoms. The Morgan fingerprint density at radius 1 is 1.56 bits per heavy atom. The van der Waals surface area contributed by atoms with E-state index < -0.39 is 12.1 Å². The highest BCUT2D eigenvalue weighted by Gasteiger charge is 2.25. The first-order chi connectivity index (χ1) is 7.50. The Hall–Kier alpha value is -1.14. The lowest BCUT2D eigenvalue weighted by atomic mass is 10.1. The van der Waals surface area contributed by atoms with Crippen LogP contribution in [0.3, 0.4) is 0 Å². The van der Waals surface area contributed by atoms with E-state index in [1.165, 1.54) is 0 Å². The first-order valence-corrected chi connectivity index (χ1v) is 5.38. The van der Waals surface area contributed by atoms with Crippen molar-refractivity contribution in [3.63, 3.8) is 0 Å². The largest absolute Gasteiger partial charge is 0.479 e. The van der Waals surface area contributed by atoms with Crippen molar-refractivity contribution >= 4 is 11.9 Å². The predicted molar refractivity (Wildman–Crippen MR) is 56.9 cm³/mol. The zero-order valence-corrected chi connectivity index (χ0v) is 9.35. The SMILES string of the molecule is CN1CCC(C(=O)NCCC(O)C(=O)O)C1. The van der Waals surface area contributed by atoms with Crippen LogP contribution >= 0.6 is 0 Å². The third kappa shape index (κ3) is 3.79. The molecule has 0 spiro atoms. The van der Waals surface area contributed by atoms with Crippen molar-refractivity contribution in [2.75, 3.05) is 26.7 Å². The Kier molecular flexibility index (Phi) is 4.70. The fraction of sp³-hybridized carbons (Fsp3) is 0.800. The van der Waals surface area contributed by atoms with E-state index in [0.717, 1.165) is 19.5 Å². The van der Waals surface area contributed by atoms with Crippen molar-refractivity contribution in [1.82, 2.24) is 10.2 Å². The van der Waals surface area contributed by atoms with Crippen LogP contribution in [0.2, 0.25) is 0 Å². The zero-order chi connectivity index (χ0) is 12.1. The second-order valence-electron chi connectivity index (χ2n) is 4.18. The summed E-state index contributed by atoms with van der Waals surface area (Å²) in [6, 6.07) is 0. The number of likely N-dealkylation sites (tertiary alicyclic amines) is 1. The van der Waals surface area contributed by atoms with Gasteiger partial charge in [0, 0.05) is 19.5 Å². The van der Waals surface area contributed by atoms with E-state index in [0.29, 0.717) is 0 Å². The van der Waals surface area contributed by atoms with Crippen LogP contribution in [0.5, 0.6) is 0 Å². The first-order valence-electron chi connectivity index (χ1n) is 5.38. The van der Waals surface area contributed by atoms with Gasteiger partial charge in [0.15, 0.2) is 6.10 Å². The summed E-state index contributed by atoms with van der Waals surface area (Å²) in [6.45, 7) is 1.86. The third-order valence-electron chi connectivity index (χ3n) is 2.76. The number of carboxylic acid groups (broad SMARTS) is 1. The molecule has 1 rings (SSSR count). The van der Waals surface area contributed by atoms with Crippen LogP contribution in [0.4, 0.5) is 0 Å². The van der Waals surface area contributed by atoms with Crippen molar-refractivity contribution < 1.29 is 19.8 Å². The molecule has 2 atom stereocenters. The van der Waals surface area contributed by atoms with Crippen molar-refractivity contribution in [1.29, 1.82) is 0 Å². The lowest BCUT2D eigenvalue weighted by molar-refractivity contribution is -0.147. The lowest BCUT2D eigenvalue weighted by Gasteiger charge is -2.12. The van der Waals surface area contributed by atoms with Crippen molar-refractivity contribution in [3.8, 4) is 0 Å². The van der Waals surface area contributed by atoms with E-state index in [-0.39, 0.29) is 24.8 Å². The van der Waals surface area contributed by atoms with Gasteiger partial charge in [0.05, 0.1) is 5.92 Å². The third-order valence-corrected chi connectivity index (χ3v) is 2.76. The van der Waals surface area contributed by atoms with Crippen LogP contribution in [-0.2, 0) is 9.59 Å². The zero-order valence-electron chi connectivity index (χ0n) is 9.35. The molecule has 6 nitrogen and oxygen atoms in total. The average Bonchev–Trinajstić information content (AvgIpc) is 2.64. The van der Waals surface area contributed by atoms with Crippen LogP contribution in [0, 0.1) is 5.92 Å². The monoisotopic (exact) mass is 230 g/mol. The normalized spacial score (nSPS) is 23.0. The highest BCUT2D eigenvalue weighted by molar-refractivity contribution is 5.79. The second kappa shape index (κ2) is 5.81. The maximum Gasteiger partial charge on any atom is 0.332 e. The van der Waals surface area contributed by atoms with Crippen LogP contribution in [-0.4, -0.2) is 59.8 Å². The van der Waals surface area contributed by atoms with Gasteiger partial charge in [-0.3, -0.25) is 4.79 Å². The molecule has 2 unspecified atom stereocenters. The Morgan fingerprint density at radius 2 is 2.25 bits per heavy atom. The number of nitrogens with one attached hydrogen (secondary N) is 1. The van der Waals surface area contributed by atoms with Gasteiger partial charge in [0.2, 0.25) is 5.91 Å². The molecular weight excluding hydrogens is 212 g/mol. The number of nitrogens with zero attached hydrogens (tertiary/aromatic N) is 1. The van der Waals surface area contributed by atoms with E-state index >= 15 is 0 Å². The van der Waals surface area contributed by atoms with Gasteiger partial charge in [-0.15, -0.1) is 0 Å². The van der Waals surface area contributed by atoms with E-state index in [1.807, 2.05) is 7.05 Å². The number of carbonyl (C=O) groups excluding carboxylic acids is 1. The molecule has 1 amide bonds. The Morgan fingerprint density at radius 3 is 2.75 bits per heavy atom. The minimum absolute atomic E-state index is 0.00743. The van der Waals surface area contributed by atoms with E-state index in [9.17, 15) is 9.59 Å². The summed E-state index contributed by atoms with van der Waals surface area (Å²) in [5.74, 6) is -1.32. The molecule has 3 N–H and O–H groups in total. The van der Waals surface area contributed by atoms with Gasteiger partial charge in [-0.05, 0) is 20.0 Å². The molecule has 0 aliphatic carbocycles. The first kappa shape index (κ1) is 12.9. The van der Waals surface area contributed by atoms with E-state index in [1.54, 1.807) is 0 Å². The summed E-state index contributed by atoms with van der Waals surface area (Å²) in [4.78, 5) is 24.0. The topological polar surface area (TPSA) is 89.9 Å². The molecule has 1 aliphatic rings. The highest BCUT2D eigenvalue weighted by atomic mass is 16.4. The van der Waals surface area contributed by atoms with Crippen LogP contribution in [0.15, 0.2) is 0 Å². The fourth-order valence-electron chi connectivity index (χ4n) is 1.75. The molecule has 0 aromatic carbocycles. The molecule has 0 bridgehead atoms. The summed E-state index contributed by atoms with van der Waals surface area (Å²) in [7, 11) is 1.96. The average molecular weight is 230 g/mol. The molecule has 0 aromatic rings. The Labute approximate surface area is 94.2 Å². The predicted octanol–water partition coefficient (Wildman–Crippen LogP) is -1.11. The van der Waals surface area contributed by atoms with Crippen LogP contribution in [0.1, 0.15) is 12.8 Å². The van der Waals surface area contributed by atoms with E-state index in [2.05, 4.69) is 10.2 Å². The number of aliphatic carboxylic acids is 1. The van der Waals surface area contributed by atoms with Crippen molar-refractivity contribution in [3.05, 3.63) is 0 Å². The number of carboxylic acids is 1. The van der Waals surface area contributed by atoms with Crippen LogP contribution in [0.25, 0.3) is 0 Å². The molecular formula is C10H18N2O4. The quantitative estimate of drug-likeness (QED) is 0.557. The molecule has 92 valence electrons. The number of rotatable bonds is 5. The van der Waals surface area contributed by atoms with Crippen molar-refractivity contribution in [2.45, 2.75) is 18.9 Å². The fourth-order valence-corrected chi connectivity index (χ4v) is 1.75. The molecule has 0 aromatic heterocycles. The lowest BCUT2D eigenvalue weighted by Crippen LogP contribution is -2.35. The smallest absolute Gasteiger partial charge is 0.332 e. The molecule has 1 aliphatic heterocycles. The number of hydrogen-bond donors (Lipinski definition) is 3. The number of aliphatic hydroxyl groups is 1. The summed E-state index contributed by atoms with van der Waals surface area (Å²) in [6.07, 6.45) is -0.514. The van der Waals surface area contributed by atoms with Gasteiger partial charge >= 0.3 is 5.97 Å². The number of hydrogen-bond acceptors (Lipinski definition) is 4. The highest BCUT2D eigenvalue weighted by Crippen LogP contribution is 2.13. The number of amides is 1. The second-order valence-corrected chi connectivity index (χ2v) is 4.18. The van der Waals surface area contributed by atoms with Gasteiger partial charge in [-0.2, -0.15) is 0 Å². The molecule has 0 radical (unpaired) electrons. The van der Waals surface area contributed by atoms with Gasteiger partial charge in [-0.1, -0.05) is 0 Å². The van der Waals surface area contributed by atoms with Gasteiger partial charge in [-0.25, -0.2) is 4.79 Å². The summed E-state index contributed by atoms with van der Waals surface area (Å²) >= 11 is 0. The van der Waals surface area contributed by atoms with Gasteiger partial charge in [0.25, 0.3) is 0 Å². The van der Waals surface area contributed by atoms with Crippen LogP contribution < -0.4 is 5.32 Å². The van der Waals surface area contributed by atoms with Gasteiger partial charge < -0.3 is 20.4 Å². The Bertz CT molecular complexity index is 270. The molecule has 1 fully saturated rings. The number of carbonyl (C=O) groups is 2. The van der Waals surface area contributed by atoms with Crippen molar-refractivity contribution in [2.24, 2.45) is 5.92 Å². The maximum atomic E-state index is 11.6. The Balaban J connectivity index is 2.18. The number of aliphatic hydroxyl groups excluding tert-OH is 1. The molecule has 0 saturated carbocycles.